The van der Waals surface area contributed by atoms with Gasteiger partial charge in [-0.05, 0) is 40.8 Å². The van der Waals surface area contributed by atoms with Crippen molar-refractivity contribution in [2.24, 2.45) is 5.73 Å². The molecular weight excluding hydrogens is 497 g/mol. The van der Waals surface area contributed by atoms with Crippen molar-refractivity contribution in [3.05, 3.63) is 91.1 Å². The normalized spacial score (nSPS) is 13.0. The number of carboxylic acid groups (broad SMARTS) is 1. The van der Waals surface area contributed by atoms with E-state index >= 15 is 0 Å². The van der Waals surface area contributed by atoms with E-state index in [-0.39, 0.29) is 12.0 Å². The van der Waals surface area contributed by atoms with Gasteiger partial charge in [0.15, 0.2) is 0 Å². The summed E-state index contributed by atoms with van der Waals surface area (Å²) in [5.41, 5.74) is 10.9. The minimum absolute atomic E-state index is 0.143. The molecule has 2 atom stereocenters. The molecule has 0 amide bonds. The number of aromatic amines is 1. The van der Waals surface area contributed by atoms with Crippen molar-refractivity contribution in [2.45, 2.75) is 25.1 Å². The number of pyridine rings is 2. The summed E-state index contributed by atoms with van der Waals surface area (Å²) in [5.74, 6) is -1.89. The van der Waals surface area contributed by atoms with Crippen molar-refractivity contribution in [3.8, 4) is 16.9 Å². The summed E-state index contributed by atoms with van der Waals surface area (Å²) in [7, 11) is 0. The van der Waals surface area contributed by atoms with Crippen molar-refractivity contribution in [1.82, 2.24) is 15.0 Å². The van der Waals surface area contributed by atoms with Crippen LogP contribution in [0.3, 0.4) is 0 Å². The Morgan fingerprint density at radius 2 is 1.79 bits per heavy atom. The highest BCUT2D eigenvalue weighted by Crippen LogP contribution is 2.29. The van der Waals surface area contributed by atoms with Gasteiger partial charge in [-0.15, -0.1) is 0 Å². The third kappa shape index (κ3) is 6.27. The largest absolute Gasteiger partial charge is 0.490 e. The van der Waals surface area contributed by atoms with Gasteiger partial charge >= 0.3 is 12.1 Å². The van der Waals surface area contributed by atoms with Crippen LogP contribution in [0.5, 0.6) is 5.75 Å². The number of nitrogens with two attached hydrogens (primary N) is 1. The van der Waals surface area contributed by atoms with E-state index in [9.17, 15) is 13.2 Å². The molecule has 0 spiro atoms. The van der Waals surface area contributed by atoms with Crippen LogP contribution in [0.1, 0.15) is 18.4 Å². The first-order chi connectivity index (χ1) is 18.1. The third-order valence-electron chi connectivity index (χ3n) is 6.13. The molecule has 3 aromatic heterocycles. The van der Waals surface area contributed by atoms with Crippen LogP contribution in [0, 0.1) is 0 Å². The van der Waals surface area contributed by atoms with Gasteiger partial charge in [0.1, 0.15) is 12.4 Å². The highest BCUT2D eigenvalue weighted by Gasteiger charge is 2.38. The van der Waals surface area contributed by atoms with Gasteiger partial charge in [-0.3, -0.25) is 9.97 Å². The number of nitrogens with one attached hydrogen (secondary N) is 1. The van der Waals surface area contributed by atoms with Gasteiger partial charge in [-0.2, -0.15) is 13.2 Å². The molecule has 0 saturated carbocycles. The van der Waals surface area contributed by atoms with E-state index in [2.05, 4.69) is 58.3 Å². The van der Waals surface area contributed by atoms with Gasteiger partial charge in [0.05, 0.1) is 6.20 Å². The minimum atomic E-state index is -5.08. The molecule has 5 aromatic rings. The fourth-order valence-corrected chi connectivity index (χ4v) is 3.96. The van der Waals surface area contributed by atoms with Crippen molar-refractivity contribution in [1.29, 1.82) is 0 Å². The van der Waals surface area contributed by atoms with E-state index in [1.54, 1.807) is 12.4 Å². The molecule has 0 fully saturated rings. The van der Waals surface area contributed by atoms with E-state index in [1.165, 1.54) is 10.9 Å². The smallest absolute Gasteiger partial charge is 0.490 e. The first kappa shape index (κ1) is 26.6. The van der Waals surface area contributed by atoms with Crippen LogP contribution < -0.4 is 10.5 Å². The van der Waals surface area contributed by atoms with Crippen LogP contribution >= 0.6 is 0 Å². The summed E-state index contributed by atoms with van der Waals surface area (Å²) in [6.45, 7) is 2.55. The van der Waals surface area contributed by atoms with Crippen molar-refractivity contribution in [2.75, 3.05) is 6.61 Å². The number of ether oxygens (including phenoxy) is 1. The maximum atomic E-state index is 10.6. The Labute approximate surface area is 216 Å². The lowest BCUT2D eigenvalue weighted by molar-refractivity contribution is -0.192. The molecule has 196 valence electrons. The maximum Gasteiger partial charge on any atom is 0.490 e. The van der Waals surface area contributed by atoms with Crippen LogP contribution in [-0.4, -0.2) is 44.9 Å². The van der Waals surface area contributed by atoms with E-state index in [0.717, 1.165) is 27.4 Å². The zero-order valence-electron chi connectivity index (χ0n) is 20.3. The number of aromatic nitrogens is 3. The first-order valence-corrected chi connectivity index (χ1v) is 11.7. The molecule has 0 aliphatic heterocycles. The predicted molar refractivity (Wildman–Crippen MR) is 139 cm³/mol. The fourth-order valence-electron chi connectivity index (χ4n) is 3.96. The average Bonchev–Trinajstić information content (AvgIpc) is 3.35. The van der Waals surface area contributed by atoms with Crippen molar-refractivity contribution < 1.29 is 27.8 Å². The molecule has 2 aromatic carbocycles. The fraction of sp³-hybridized carbons (Fsp3) is 0.179. The molecule has 0 aliphatic carbocycles. The second-order valence-corrected chi connectivity index (χ2v) is 8.70. The number of H-pyrrole nitrogens is 1. The SMILES string of the molecule is CC(c1c[nH]c2ccccc12)[C@H](N)COc1cncc(-c2ccc3cnccc3c2)c1.O=C(O)C(F)(F)F. The van der Waals surface area contributed by atoms with Crippen LogP contribution in [0.4, 0.5) is 13.2 Å². The lowest BCUT2D eigenvalue weighted by atomic mass is 9.94. The lowest BCUT2D eigenvalue weighted by Crippen LogP contribution is -2.33. The molecule has 7 nitrogen and oxygen atoms in total. The molecule has 38 heavy (non-hydrogen) atoms. The standard InChI is InChI=1S/C26H24N4O.C2HF3O2/c1-17(24-15-30-26-5-3-2-4-23(24)26)25(27)16-31-22-11-21(13-29-14-22)18-6-7-20-12-28-9-8-19(20)10-18;3-2(4,5)1(6)7/h2-15,17,25,30H,16,27H2,1H3;(H,6,7)/t17?,25-;/m1./s1. The highest BCUT2D eigenvalue weighted by atomic mass is 19.4. The summed E-state index contributed by atoms with van der Waals surface area (Å²) in [6, 6.07) is 18.5. The van der Waals surface area contributed by atoms with Gasteiger partial charge in [0, 0.05) is 58.6 Å². The monoisotopic (exact) mass is 522 g/mol. The van der Waals surface area contributed by atoms with E-state index in [1.807, 2.05) is 36.8 Å². The Hall–Kier alpha value is -4.44. The molecule has 0 saturated heterocycles. The number of para-hydroxylation sites is 1. The van der Waals surface area contributed by atoms with E-state index in [0.29, 0.717) is 12.4 Å². The summed E-state index contributed by atoms with van der Waals surface area (Å²) >= 11 is 0. The summed E-state index contributed by atoms with van der Waals surface area (Å²) in [4.78, 5) is 20.8. The molecule has 0 aliphatic rings. The molecule has 4 N–H and O–H groups in total. The van der Waals surface area contributed by atoms with Gasteiger partial charge in [-0.1, -0.05) is 37.3 Å². The second-order valence-electron chi connectivity index (χ2n) is 8.70. The van der Waals surface area contributed by atoms with Gasteiger partial charge in [0.25, 0.3) is 0 Å². The second kappa shape index (κ2) is 11.3. The van der Waals surface area contributed by atoms with Gasteiger partial charge in [-0.25, -0.2) is 4.79 Å². The highest BCUT2D eigenvalue weighted by molar-refractivity contribution is 5.86. The molecular formula is C28H25F3N4O3. The zero-order valence-corrected chi connectivity index (χ0v) is 20.3. The number of alkyl halides is 3. The molecule has 5 rings (SSSR count). The number of carbonyl (C=O) groups is 1. The van der Waals surface area contributed by atoms with E-state index in [4.69, 9.17) is 20.4 Å². The number of aliphatic carboxylic acids is 1. The third-order valence-corrected chi connectivity index (χ3v) is 6.13. The summed E-state index contributed by atoms with van der Waals surface area (Å²) < 4.78 is 37.8. The topological polar surface area (TPSA) is 114 Å². The lowest BCUT2D eigenvalue weighted by Gasteiger charge is -2.20. The maximum absolute atomic E-state index is 10.6. The van der Waals surface area contributed by atoms with Crippen LogP contribution in [0.25, 0.3) is 32.8 Å². The molecule has 0 radical (unpaired) electrons. The molecule has 10 heteroatoms. The summed E-state index contributed by atoms with van der Waals surface area (Å²) in [5, 5.41) is 10.6. The molecule has 3 heterocycles. The number of halogens is 3. The Balaban J connectivity index is 0.000000426. The number of nitrogens with zero attached hydrogens (tertiary/aromatic N) is 2. The Morgan fingerprint density at radius 3 is 2.55 bits per heavy atom. The van der Waals surface area contributed by atoms with Crippen LogP contribution in [0.15, 0.2) is 85.6 Å². The van der Waals surface area contributed by atoms with Crippen molar-refractivity contribution in [3.63, 3.8) is 0 Å². The zero-order chi connectivity index (χ0) is 27.3. The minimum Gasteiger partial charge on any atom is -0.490 e. The van der Waals surface area contributed by atoms with Crippen molar-refractivity contribution >= 4 is 27.6 Å². The quantitative estimate of drug-likeness (QED) is 0.255. The predicted octanol–water partition coefficient (Wildman–Crippen LogP) is 5.92. The van der Waals surface area contributed by atoms with Crippen LogP contribution in [0.2, 0.25) is 0 Å². The van der Waals surface area contributed by atoms with Crippen LogP contribution in [-0.2, 0) is 4.79 Å². The molecule has 1 unspecified atom stereocenters. The number of rotatable bonds is 6. The number of fused-ring (bicyclic) bond motifs is 2. The van der Waals surface area contributed by atoms with Gasteiger partial charge in [0.2, 0.25) is 0 Å². The Morgan fingerprint density at radius 1 is 1.03 bits per heavy atom. The van der Waals surface area contributed by atoms with Gasteiger partial charge < -0.3 is 20.6 Å². The number of hydrogen-bond donors (Lipinski definition) is 3. The number of benzene rings is 2. The summed E-state index contributed by atoms with van der Waals surface area (Å²) in [6.07, 6.45) is 4.22. The Kier molecular flexibility index (Phi) is 7.92. The van der Waals surface area contributed by atoms with E-state index < -0.39 is 12.1 Å². The number of hydrogen-bond acceptors (Lipinski definition) is 5. The Bertz CT molecular complexity index is 1550. The molecule has 0 bridgehead atoms. The number of carboxylic acids is 1. The average molecular weight is 523 g/mol. The first-order valence-electron chi connectivity index (χ1n) is 11.7.